The van der Waals surface area contributed by atoms with Crippen LogP contribution in [-0.2, 0) is 24.2 Å². The molecular weight excluding hydrogens is 565 g/mol. The van der Waals surface area contributed by atoms with Crippen molar-refractivity contribution < 1.29 is 23.1 Å². The first-order valence-corrected chi connectivity index (χ1v) is 14.2. The first-order valence-electron chi connectivity index (χ1n) is 14.2. The molecule has 228 valence electrons. The molecule has 11 nitrogen and oxygen atoms in total. The fourth-order valence-electron chi connectivity index (χ4n) is 6.09. The summed E-state index contributed by atoms with van der Waals surface area (Å²) in [5, 5.41) is 19.1. The fraction of sp³-hybridized carbons (Fsp3) is 0.483. The second-order valence-corrected chi connectivity index (χ2v) is 11.8. The van der Waals surface area contributed by atoms with Gasteiger partial charge in [0.25, 0.3) is 12.0 Å². The van der Waals surface area contributed by atoms with Gasteiger partial charge >= 0.3 is 0 Å². The highest BCUT2D eigenvalue weighted by Crippen LogP contribution is 2.30. The highest BCUT2D eigenvalue weighted by atomic mass is 19.3. The number of rotatable bonds is 8. The number of imidazole rings is 1. The average molecular weight is 599 g/mol. The predicted octanol–water partition coefficient (Wildman–Crippen LogP) is 2.17. The summed E-state index contributed by atoms with van der Waals surface area (Å²) in [7, 11) is 4.16. The molecule has 1 fully saturated rings. The van der Waals surface area contributed by atoms with Crippen LogP contribution in [0.3, 0.4) is 0 Å². The Morgan fingerprint density at radius 2 is 1.91 bits per heavy atom. The van der Waals surface area contributed by atoms with Crippen molar-refractivity contribution in [3.8, 4) is 11.3 Å². The Morgan fingerprint density at radius 3 is 2.58 bits per heavy atom. The smallest absolute Gasteiger partial charge is 0.296 e. The molecule has 4 heterocycles. The average Bonchev–Trinajstić information content (AvgIpc) is 3.71. The van der Waals surface area contributed by atoms with E-state index in [0.29, 0.717) is 11.7 Å². The van der Waals surface area contributed by atoms with Gasteiger partial charge < -0.3 is 14.9 Å². The number of hydrogen-bond donors (Lipinski definition) is 1. The molecule has 2 aliphatic rings. The third-order valence-corrected chi connectivity index (χ3v) is 8.74. The van der Waals surface area contributed by atoms with Gasteiger partial charge in [0.1, 0.15) is 12.4 Å². The van der Waals surface area contributed by atoms with Gasteiger partial charge in [-0.2, -0.15) is 9.49 Å². The molecule has 1 aliphatic heterocycles. The number of carbonyl (C=O) groups excluding carboxylic acids is 1. The summed E-state index contributed by atoms with van der Waals surface area (Å²) in [4.78, 5) is 34.1. The Morgan fingerprint density at radius 1 is 1.16 bits per heavy atom. The van der Waals surface area contributed by atoms with E-state index < -0.39 is 41.9 Å². The third-order valence-electron chi connectivity index (χ3n) is 8.74. The second kappa shape index (κ2) is 11.2. The van der Waals surface area contributed by atoms with Gasteiger partial charge in [-0.1, -0.05) is 12.1 Å². The molecule has 0 saturated carbocycles. The molecule has 0 bridgehead atoms. The third kappa shape index (κ3) is 5.68. The van der Waals surface area contributed by atoms with E-state index in [2.05, 4.69) is 46.3 Å². The minimum atomic E-state index is -2.92. The topological polar surface area (TPSA) is 114 Å². The number of aromatic nitrogens is 6. The van der Waals surface area contributed by atoms with Crippen LogP contribution in [0.15, 0.2) is 47.8 Å². The number of piperidine rings is 1. The normalized spacial score (nSPS) is 19.0. The van der Waals surface area contributed by atoms with Crippen LogP contribution in [0.2, 0.25) is 0 Å². The number of halogens is 3. The van der Waals surface area contributed by atoms with E-state index in [1.165, 1.54) is 31.4 Å². The number of fused-ring (bicyclic) bond motifs is 2. The molecule has 43 heavy (non-hydrogen) atoms. The lowest BCUT2D eigenvalue weighted by Crippen LogP contribution is -2.50. The van der Waals surface area contributed by atoms with Crippen molar-refractivity contribution in [3.63, 3.8) is 0 Å². The summed E-state index contributed by atoms with van der Waals surface area (Å²) in [6.45, 7) is 0.171. The zero-order chi connectivity index (χ0) is 30.5. The van der Waals surface area contributed by atoms with Gasteiger partial charge in [-0.25, -0.2) is 18.3 Å². The van der Waals surface area contributed by atoms with Gasteiger partial charge in [-0.3, -0.25) is 18.8 Å². The zero-order valence-electron chi connectivity index (χ0n) is 23.9. The van der Waals surface area contributed by atoms with E-state index in [-0.39, 0.29) is 38.1 Å². The maximum absolute atomic E-state index is 13.6. The number of likely N-dealkylation sites (N-methyl/N-ethyl adjacent to an activating group) is 1. The van der Waals surface area contributed by atoms with E-state index in [4.69, 9.17) is 0 Å². The number of carbonyl (C=O) groups is 1. The van der Waals surface area contributed by atoms with Gasteiger partial charge in [0, 0.05) is 37.0 Å². The van der Waals surface area contributed by atoms with E-state index in [1.54, 1.807) is 6.20 Å². The molecule has 1 amide bonds. The summed E-state index contributed by atoms with van der Waals surface area (Å²) in [5.74, 6) is -1.45. The number of aliphatic hydroxyl groups is 1. The van der Waals surface area contributed by atoms with Crippen molar-refractivity contribution in [2.45, 2.75) is 62.8 Å². The first kappa shape index (κ1) is 29.1. The Hall–Kier alpha value is -4.04. The number of benzene rings is 1. The lowest BCUT2D eigenvalue weighted by molar-refractivity contribution is -0.138. The highest BCUT2D eigenvalue weighted by molar-refractivity contribution is 5.76. The van der Waals surface area contributed by atoms with Crippen molar-refractivity contribution in [1.82, 2.24) is 38.7 Å². The van der Waals surface area contributed by atoms with Crippen molar-refractivity contribution in [3.05, 3.63) is 70.4 Å². The Bertz CT molecular complexity index is 1710. The number of alkyl halides is 2. The van der Waals surface area contributed by atoms with E-state index >= 15 is 0 Å². The van der Waals surface area contributed by atoms with Crippen molar-refractivity contribution >= 4 is 11.6 Å². The van der Waals surface area contributed by atoms with Crippen LogP contribution in [0.4, 0.5) is 13.2 Å². The summed E-state index contributed by atoms with van der Waals surface area (Å²) >= 11 is 0. The van der Waals surface area contributed by atoms with Crippen LogP contribution < -0.4 is 5.56 Å². The molecule has 1 aromatic carbocycles. The van der Waals surface area contributed by atoms with Crippen molar-refractivity contribution in [2.24, 2.45) is 0 Å². The summed E-state index contributed by atoms with van der Waals surface area (Å²) in [6, 6.07) is 6.07. The summed E-state index contributed by atoms with van der Waals surface area (Å²) in [6.07, 6.45) is 2.82. The molecule has 0 radical (unpaired) electrons. The van der Waals surface area contributed by atoms with Crippen LogP contribution in [0.1, 0.15) is 36.4 Å². The predicted molar refractivity (Wildman–Crippen MR) is 150 cm³/mol. The molecule has 3 aromatic heterocycles. The molecule has 1 aliphatic carbocycles. The van der Waals surface area contributed by atoms with Crippen LogP contribution in [0.25, 0.3) is 16.9 Å². The van der Waals surface area contributed by atoms with Gasteiger partial charge in [-0.05, 0) is 57.0 Å². The van der Waals surface area contributed by atoms with E-state index in [1.807, 2.05) is 6.07 Å². The van der Waals surface area contributed by atoms with Gasteiger partial charge in [0.15, 0.2) is 0 Å². The van der Waals surface area contributed by atoms with E-state index in [0.717, 1.165) is 35.4 Å². The minimum absolute atomic E-state index is 0.0590. The molecule has 1 N–H and O–H groups in total. The molecule has 4 aromatic rings. The maximum atomic E-state index is 13.6. The molecular formula is C29H33F3N8O3. The minimum Gasteiger partial charge on any atom is -0.388 e. The molecule has 14 heteroatoms. The van der Waals surface area contributed by atoms with Gasteiger partial charge in [-0.15, -0.1) is 5.10 Å². The Labute approximate surface area is 245 Å². The van der Waals surface area contributed by atoms with Crippen LogP contribution in [0.5, 0.6) is 0 Å². The molecule has 6 rings (SSSR count). The standard InChI is InChI=1S/C29H33F3N8O3/c1-36(2)21-12-18-3-4-19(11-20(18)13-21)23-15-33-27-28(42)38(17-34-40(23)27)16-29(43)6-9-37(10-7-29)25(41)14-22(26(31)32)39-8-5-24(30)35-39/h3-5,8,11,15,17,21-22,26,43H,6-7,9-10,12-14,16H2,1-2H3. The second-order valence-electron chi connectivity index (χ2n) is 11.8. The van der Waals surface area contributed by atoms with Crippen molar-refractivity contribution in [2.75, 3.05) is 27.2 Å². The summed E-state index contributed by atoms with van der Waals surface area (Å²) < 4.78 is 44.0. The molecule has 0 spiro atoms. The molecule has 2 unspecified atom stereocenters. The highest BCUT2D eigenvalue weighted by Gasteiger charge is 2.36. The molecule has 1 saturated heterocycles. The van der Waals surface area contributed by atoms with E-state index in [9.17, 15) is 27.9 Å². The SMILES string of the molecule is CN(C)C1Cc2ccc(-c3cnc4c(=O)n(CC5(O)CCN(C(=O)CC(C(F)F)n6ccc(F)n6)CC5)cnn34)cc2C1. The van der Waals surface area contributed by atoms with Gasteiger partial charge in [0.05, 0.1) is 30.5 Å². The largest absolute Gasteiger partial charge is 0.388 e. The van der Waals surface area contributed by atoms with Gasteiger partial charge in [0.2, 0.25) is 17.5 Å². The number of hydrogen-bond acceptors (Lipinski definition) is 7. The van der Waals surface area contributed by atoms with Crippen LogP contribution >= 0.6 is 0 Å². The summed E-state index contributed by atoms with van der Waals surface area (Å²) in [5.41, 5.74) is 2.60. The fourth-order valence-corrected chi connectivity index (χ4v) is 6.09. The lowest BCUT2D eigenvalue weighted by atomic mass is 9.91. The zero-order valence-corrected chi connectivity index (χ0v) is 23.9. The Kier molecular flexibility index (Phi) is 7.59. The van der Waals surface area contributed by atoms with Crippen molar-refractivity contribution in [1.29, 1.82) is 0 Å². The van der Waals surface area contributed by atoms with Crippen LogP contribution in [0, 0.1) is 5.95 Å². The number of amides is 1. The monoisotopic (exact) mass is 598 g/mol. The number of nitrogens with zero attached hydrogens (tertiary/aromatic N) is 8. The molecule has 2 atom stereocenters. The van der Waals surface area contributed by atoms with Crippen LogP contribution in [-0.4, -0.2) is 95.0 Å². The Balaban J connectivity index is 1.13. The first-order chi connectivity index (χ1) is 20.5. The lowest BCUT2D eigenvalue weighted by Gasteiger charge is -2.38. The quantitative estimate of drug-likeness (QED) is 0.331. The maximum Gasteiger partial charge on any atom is 0.296 e. The number of likely N-dealkylation sites (tertiary alicyclic amines) is 1.